The molecule has 1 fully saturated rings. The second-order valence-corrected chi connectivity index (χ2v) is 5.36. The fourth-order valence-corrected chi connectivity index (χ4v) is 2.78. The van der Waals surface area contributed by atoms with Crippen LogP contribution in [0.3, 0.4) is 0 Å². The van der Waals surface area contributed by atoms with Crippen molar-refractivity contribution in [3.63, 3.8) is 0 Å². The zero-order valence-corrected chi connectivity index (χ0v) is 10.4. The molecule has 0 aromatic rings. The van der Waals surface area contributed by atoms with E-state index in [1.807, 2.05) is 0 Å². The first kappa shape index (κ1) is 14.8. The van der Waals surface area contributed by atoms with Gasteiger partial charge in [-0.3, -0.25) is 4.90 Å². The number of aliphatic hydroxyl groups is 1. The number of aliphatic hydroxyl groups excluding tert-OH is 1. The summed E-state index contributed by atoms with van der Waals surface area (Å²) in [4.78, 5) is 1.29. The average molecular weight is 253 g/mol. The number of alkyl halides is 3. The smallest absolute Gasteiger partial charge is 0.396 e. The summed E-state index contributed by atoms with van der Waals surface area (Å²) >= 11 is 0. The minimum absolute atomic E-state index is 0.00476. The second-order valence-electron chi connectivity index (χ2n) is 5.36. The van der Waals surface area contributed by atoms with Gasteiger partial charge in [0.2, 0.25) is 0 Å². The van der Waals surface area contributed by atoms with Crippen LogP contribution in [0.2, 0.25) is 0 Å². The molecule has 0 saturated heterocycles. The molecule has 1 aliphatic carbocycles. The van der Waals surface area contributed by atoms with E-state index in [2.05, 4.69) is 0 Å². The highest BCUT2D eigenvalue weighted by Crippen LogP contribution is 2.35. The molecule has 0 heterocycles. The molecular formula is C12H22F3NO. The van der Waals surface area contributed by atoms with Crippen molar-refractivity contribution in [2.24, 2.45) is 5.41 Å². The SMILES string of the molecule is CN(CC(F)(F)F)CC1(CO)CCCCCC1. The van der Waals surface area contributed by atoms with E-state index in [1.54, 1.807) is 0 Å². The summed E-state index contributed by atoms with van der Waals surface area (Å²) in [5.74, 6) is 0. The van der Waals surface area contributed by atoms with Crippen molar-refractivity contribution < 1.29 is 18.3 Å². The number of hydrogen-bond donors (Lipinski definition) is 1. The quantitative estimate of drug-likeness (QED) is 0.779. The van der Waals surface area contributed by atoms with Gasteiger partial charge in [-0.25, -0.2) is 0 Å². The van der Waals surface area contributed by atoms with E-state index in [4.69, 9.17) is 0 Å². The van der Waals surface area contributed by atoms with Gasteiger partial charge in [0.05, 0.1) is 6.54 Å². The van der Waals surface area contributed by atoms with Gasteiger partial charge >= 0.3 is 6.18 Å². The van der Waals surface area contributed by atoms with Gasteiger partial charge in [-0.15, -0.1) is 0 Å². The summed E-state index contributed by atoms with van der Waals surface area (Å²) in [6.07, 6.45) is 1.81. The Hall–Kier alpha value is -0.290. The molecule has 0 unspecified atom stereocenters. The molecular weight excluding hydrogens is 231 g/mol. The summed E-state index contributed by atoms with van der Waals surface area (Å²) in [6, 6.07) is 0. The monoisotopic (exact) mass is 253 g/mol. The highest BCUT2D eigenvalue weighted by molar-refractivity contribution is 4.84. The lowest BCUT2D eigenvalue weighted by molar-refractivity contribution is -0.147. The molecule has 2 nitrogen and oxygen atoms in total. The Morgan fingerprint density at radius 1 is 1.12 bits per heavy atom. The lowest BCUT2D eigenvalue weighted by atomic mass is 9.80. The summed E-state index contributed by atoms with van der Waals surface area (Å²) in [6.45, 7) is -0.563. The van der Waals surface area contributed by atoms with E-state index in [9.17, 15) is 18.3 Å². The third-order valence-electron chi connectivity index (χ3n) is 3.55. The normalized spacial score (nSPS) is 21.5. The van der Waals surface area contributed by atoms with Gasteiger partial charge in [-0.2, -0.15) is 13.2 Å². The zero-order valence-electron chi connectivity index (χ0n) is 10.4. The van der Waals surface area contributed by atoms with E-state index in [1.165, 1.54) is 11.9 Å². The summed E-state index contributed by atoms with van der Waals surface area (Å²) in [5.41, 5.74) is -0.323. The Morgan fingerprint density at radius 2 is 1.65 bits per heavy atom. The van der Waals surface area contributed by atoms with Crippen LogP contribution in [0.5, 0.6) is 0 Å². The summed E-state index contributed by atoms with van der Waals surface area (Å²) in [7, 11) is 1.48. The number of rotatable bonds is 4. The maximum absolute atomic E-state index is 12.3. The first-order valence-corrected chi connectivity index (χ1v) is 6.23. The third kappa shape index (κ3) is 5.25. The fourth-order valence-electron chi connectivity index (χ4n) is 2.78. The molecule has 5 heteroatoms. The molecule has 0 spiro atoms. The van der Waals surface area contributed by atoms with Crippen molar-refractivity contribution in [2.45, 2.75) is 44.7 Å². The molecule has 0 aromatic carbocycles. The van der Waals surface area contributed by atoms with Crippen LogP contribution >= 0.6 is 0 Å². The van der Waals surface area contributed by atoms with Gasteiger partial charge in [0.15, 0.2) is 0 Å². The molecule has 0 bridgehead atoms. The molecule has 1 aliphatic rings. The first-order chi connectivity index (χ1) is 7.87. The van der Waals surface area contributed by atoms with E-state index >= 15 is 0 Å². The number of nitrogens with zero attached hydrogens (tertiary/aromatic N) is 1. The minimum atomic E-state index is -4.16. The predicted molar refractivity (Wildman–Crippen MR) is 60.8 cm³/mol. The molecule has 17 heavy (non-hydrogen) atoms. The topological polar surface area (TPSA) is 23.5 Å². The Kier molecular flexibility index (Phi) is 5.25. The summed E-state index contributed by atoms with van der Waals surface area (Å²) < 4.78 is 36.8. The minimum Gasteiger partial charge on any atom is -0.396 e. The van der Waals surface area contributed by atoms with E-state index in [-0.39, 0.29) is 12.0 Å². The average Bonchev–Trinajstić information content (AvgIpc) is 2.41. The van der Waals surface area contributed by atoms with Crippen LogP contribution in [0.15, 0.2) is 0 Å². The van der Waals surface area contributed by atoms with Crippen LogP contribution in [-0.2, 0) is 0 Å². The summed E-state index contributed by atoms with van der Waals surface area (Å²) in [5, 5.41) is 9.51. The fraction of sp³-hybridized carbons (Fsp3) is 1.00. The molecule has 1 N–H and O–H groups in total. The Bertz CT molecular complexity index is 222. The molecule has 0 radical (unpaired) electrons. The second kappa shape index (κ2) is 6.05. The van der Waals surface area contributed by atoms with Crippen LogP contribution < -0.4 is 0 Å². The highest BCUT2D eigenvalue weighted by Gasteiger charge is 2.35. The molecule has 0 aliphatic heterocycles. The van der Waals surface area contributed by atoms with Crippen molar-refractivity contribution in [2.75, 3.05) is 26.7 Å². The molecule has 102 valence electrons. The van der Waals surface area contributed by atoms with Crippen LogP contribution in [0, 0.1) is 5.41 Å². The number of halogens is 3. The van der Waals surface area contributed by atoms with Gasteiger partial charge in [0.25, 0.3) is 0 Å². The van der Waals surface area contributed by atoms with Crippen LogP contribution in [0.1, 0.15) is 38.5 Å². The molecule has 0 aromatic heterocycles. The van der Waals surface area contributed by atoms with Crippen molar-refractivity contribution in [1.82, 2.24) is 4.90 Å². The van der Waals surface area contributed by atoms with Crippen LogP contribution in [0.25, 0.3) is 0 Å². The first-order valence-electron chi connectivity index (χ1n) is 6.23. The van der Waals surface area contributed by atoms with E-state index < -0.39 is 12.7 Å². The van der Waals surface area contributed by atoms with Crippen LogP contribution in [0.4, 0.5) is 13.2 Å². The van der Waals surface area contributed by atoms with Gasteiger partial charge in [-0.05, 0) is 19.9 Å². The largest absolute Gasteiger partial charge is 0.401 e. The molecule has 0 amide bonds. The van der Waals surface area contributed by atoms with Gasteiger partial charge in [-0.1, -0.05) is 25.7 Å². The highest BCUT2D eigenvalue weighted by atomic mass is 19.4. The van der Waals surface area contributed by atoms with Crippen molar-refractivity contribution >= 4 is 0 Å². The van der Waals surface area contributed by atoms with Crippen molar-refractivity contribution in [3.05, 3.63) is 0 Å². The Balaban J connectivity index is 2.54. The van der Waals surface area contributed by atoms with Crippen molar-refractivity contribution in [1.29, 1.82) is 0 Å². The van der Waals surface area contributed by atoms with Crippen LogP contribution in [-0.4, -0.2) is 42.9 Å². The Morgan fingerprint density at radius 3 is 2.06 bits per heavy atom. The molecule has 1 saturated carbocycles. The van der Waals surface area contributed by atoms with Gasteiger partial charge in [0, 0.05) is 18.6 Å². The molecule has 0 atom stereocenters. The predicted octanol–water partition coefficient (Wildman–Crippen LogP) is 2.81. The maximum Gasteiger partial charge on any atom is 0.401 e. The van der Waals surface area contributed by atoms with Crippen molar-refractivity contribution in [3.8, 4) is 0 Å². The van der Waals surface area contributed by atoms with Gasteiger partial charge < -0.3 is 5.11 Å². The third-order valence-corrected chi connectivity index (χ3v) is 3.55. The maximum atomic E-state index is 12.3. The Labute approximate surface area is 101 Å². The lowest BCUT2D eigenvalue weighted by Gasteiger charge is -2.35. The van der Waals surface area contributed by atoms with E-state index in [0.29, 0.717) is 6.54 Å². The van der Waals surface area contributed by atoms with E-state index in [0.717, 1.165) is 38.5 Å². The standard InChI is InChI=1S/C12H22F3NO/c1-16(9-12(13,14)15)8-11(10-17)6-4-2-3-5-7-11/h17H,2-10H2,1H3. The number of hydrogen-bond acceptors (Lipinski definition) is 2. The zero-order chi connectivity index (χ0) is 12.9. The lowest BCUT2D eigenvalue weighted by Crippen LogP contribution is -2.42. The van der Waals surface area contributed by atoms with Gasteiger partial charge in [0.1, 0.15) is 0 Å². The molecule has 1 rings (SSSR count).